The second-order valence-electron chi connectivity index (χ2n) is 6.68. The summed E-state index contributed by atoms with van der Waals surface area (Å²) in [5.41, 5.74) is 6.00. The van der Waals surface area contributed by atoms with Crippen molar-refractivity contribution in [1.29, 1.82) is 0 Å². The van der Waals surface area contributed by atoms with Crippen molar-refractivity contribution in [3.8, 4) is 0 Å². The number of amides is 1. The van der Waals surface area contributed by atoms with Crippen molar-refractivity contribution in [3.05, 3.63) is 0 Å². The highest BCUT2D eigenvalue weighted by Gasteiger charge is 2.38. The molecule has 2 rings (SSSR count). The lowest BCUT2D eigenvalue weighted by atomic mass is 9.74. The zero-order valence-corrected chi connectivity index (χ0v) is 11.9. The molecular weight excluding hydrogens is 224 g/mol. The molecule has 2 aliphatic carbocycles. The minimum Gasteiger partial charge on any atom is -0.353 e. The summed E-state index contributed by atoms with van der Waals surface area (Å²) in [6.07, 6.45) is 9.19. The van der Waals surface area contributed by atoms with Gasteiger partial charge in [0.15, 0.2) is 0 Å². The molecule has 3 heteroatoms. The van der Waals surface area contributed by atoms with Crippen LogP contribution in [0.5, 0.6) is 0 Å². The first-order valence-electron chi connectivity index (χ1n) is 7.60. The normalized spacial score (nSPS) is 41.4. The quantitative estimate of drug-likeness (QED) is 0.793. The molecule has 0 aromatic rings. The average molecular weight is 252 g/mol. The highest BCUT2D eigenvalue weighted by molar-refractivity contribution is 5.80. The number of hydrogen-bond donors (Lipinski definition) is 2. The SMILES string of the molecule is CC1CCCCC1NC(=O)C1CCCCC1(C)N. The van der Waals surface area contributed by atoms with E-state index in [0.717, 1.165) is 32.1 Å². The van der Waals surface area contributed by atoms with E-state index >= 15 is 0 Å². The molecule has 2 fully saturated rings. The highest BCUT2D eigenvalue weighted by atomic mass is 16.2. The Morgan fingerprint density at radius 2 is 1.83 bits per heavy atom. The molecule has 104 valence electrons. The van der Waals surface area contributed by atoms with E-state index in [9.17, 15) is 4.79 Å². The van der Waals surface area contributed by atoms with Gasteiger partial charge in [0.05, 0.1) is 5.92 Å². The average Bonchev–Trinajstić information content (AvgIpc) is 2.31. The summed E-state index contributed by atoms with van der Waals surface area (Å²) in [4.78, 5) is 12.4. The Morgan fingerprint density at radius 1 is 1.17 bits per heavy atom. The van der Waals surface area contributed by atoms with Gasteiger partial charge in [0.1, 0.15) is 0 Å². The van der Waals surface area contributed by atoms with E-state index in [1.54, 1.807) is 0 Å². The van der Waals surface area contributed by atoms with Gasteiger partial charge in [-0.15, -0.1) is 0 Å². The van der Waals surface area contributed by atoms with Gasteiger partial charge < -0.3 is 11.1 Å². The minimum atomic E-state index is -0.305. The van der Waals surface area contributed by atoms with Crippen LogP contribution in [0, 0.1) is 11.8 Å². The number of carbonyl (C=O) groups is 1. The smallest absolute Gasteiger partial charge is 0.225 e. The number of hydrogen-bond acceptors (Lipinski definition) is 2. The van der Waals surface area contributed by atoms with Gasteiger partial charge in [-0.1, -0.05) is 32.6 Å². The summed E-state index contributed by atoms with van der Waals surface area (Å²) in [7, 11) is 0. The first kappa shape index (κ1) is 13.9. The fraction of sp³-hybridized carbons (Fsp3) is 0.933. The van der Waals surface area contributed by atoms with Crippen molar-refractivity contribution in [2.45, 2.75) is 76.8 Å². The molecule has 4 atom stereocenters. The first-order chi connectivity index (χ1) is 8.50. The highest BCUT2D eigenvalue weighted by Crippen LogP contribution is 2.32. The van der Waals surface area contributed by atoms with Crippen LogP contribution in [0.15, 0.2) is 0 Å². The van der Waals surface area contributed by atoms with Crippen LogP contribution in [0.25, 0.3) is 0 Å². The van der Waals surface area contributed by atoms with E-state index in [1.165, 1.54) is 19.3 Å². The van der Waals surface area contributed by atoms with Gasteiger partial charge >= 0.3 is 0 Å². The standard InChI is InChI=1S/C15H28N2O/c1-11-7-3-4-9-13(11)17-14(18)12-8-5-6-10-15(12,2)16/h11-13H,3-10,16H2,1-2H3,(H,17,18). The van der Waals surface area contributed by atoms with Crippen LogP contribution in [0.3, 0.4) is 0 Å². The minimum absolute atomic E-state index is 0.0142. The molecule has 1 amide bonds. The predicted molar refractivity (Wildman–Crippen MR) is 74.1 cm³/mol. The van der Waals surface area contributed by atoms with Crippen LogP contribution in [-0.4, -0.2) is 17.5 Å². The van der Waals surface area contributed by atoms with E-state index < -0.39 is 0 Å². The lowest BCUT2D eigenvalue weighted by molar-refractivity contribution is -0.129. The third-order valence-electron chi connectivity index (χ3n) is 5.01. The van der Waals surface area contributed by atoms with Gasteiger partial charge in [0.2, 0.25) is 5.91 Å². The second kappa shape index (κ2) is 5.60. The number of carbonyl (C=O) groups excluding carboxylic acids is 1. The van der Waals surface area contributed by atoms with Crippen molar-refractivity contribution < 1.29 is 4.79 Å². The molecular formula is C15H28N2O. The Hall–Kier alpha value is -0.570. The molecule has 0 spiro atoms. The van der Waals surface area contributed by atoms with Gasteiger partial charge in [0, 0.05) is 11.6 Å². The molecule has 2 aliphatic rings. The monoisotopic (exact) mass is 252 g/mol. The molecule has 0 aliphatic heterocycles. The van der Waals surface area contributed by atoms with Gasteiger partial charge in [-0.05, 0) is 38.5 Å². The maximum absolute atomic E-state index is 12.4. The summed E-state index contributed by atoms with van der Waals surface area (Å²) < 4.78 is 0. The fourth-order valence-corrected chi connectivity index (χ4v) is 3.60. The van der Waals surface area contributed by atoms with Crippen molar-refractivity contribution in [2.24, 2.45) is 17.6 Å². The van der Waals surface area contributed by atoms with Crippen LogP contribution in [-0.2, 0) is 4.79 Å². The van der Waals surface area contributed by atoms with Gasteiger partial charge in [0.25, 0.3) is 0 Å². The number of nitrogens with two attached hydrogens (primary N) is 1. The summed E-state index contributed by atoms with van der Waals surface area (Å²) in [6.45, 7) is 4.30. The predicted octanol–water partition coefficient (Wildman–Crippen LogP) is 2.59. The van der Waals surface area contributed by atoms with Gasteiger partial charge in [-0.3, -0.25) is 4.79 Å². The van der Waals surface area contributed by atoms with Crippen molar-refractivity contribution in [1.82, 2.24) is 5.32 Å². The molecule has 3 N–H and O–H groups in total. The Kier molecular flexibility index (Phi) is 4.31. The van der Waals surface area contributed by atoms with Gasteiger partial charge in [-0.25, -0.2) is 0 Å². The molecule has 0 saturated heterocycles. The molecule has 0 heterocycles. The Bertz CT molecular complexity index is 301. The Balaban J connectivity index is 1.94. The Labute approximate surface area is 111 Å². The Morgan fingerprint density at radius 3 is 2.50 bits per heavy atom. The third kappa shape index (κ3) is 3.05. The van der Waals surface area contributed by atoms with Crippen LogP contribution in [0.1, 0.15) is 65.2 Å². The number of rotatable bonds is 2. The molecule has 4 unspecified atom stereocenters. The molecule has 18 heavy (non-hydrogen) atoms. The molecule has 0 aromatic heterocycles. The summed E-state index contributed by atoms with van der Waals surface area (Å²) >= 11 is 0. The molecule has 0 bridgehead atoms. The maximum Gasteiger partial charge on any atom is 0.225 e. The first-order valence-corrected chi connectivity index (χ1v) is 7.60. The summed E-state index contributed by atoms with van der Waals surface area (Å²) in [5, 5.41) is 3.28. The third-order valence-corrected chi connectivity index (χ3v) is 5.01. The van der Waals surface area contributed by atoms with E-state index in [0.29, 0.717) is 12.0 Å². The van der Waals surface area contributed by atoms with Crippen LogP contribution in [0.4, 0.5) is 0 Å². The zero-order valence-electron chi connectivity index (χ0n) is 11.9. The van der Waals surface area contributed by atoms with E-state index in [1.807, 2.05) is 6.92 Å². The topological polar surface area (TPSA) is 55.1 Å². The van der Waals surface area contributed by atoms with Crippen LogP contribution in [0.2, 0.25) is 0 Å². The zero-order chi connectivity index (χ0) is 13.2. The molecule has 0 aromatic carbocycles. The van der Waals surface area contributed by atoms with Crippen LogP contribution < -0.4 is 11.1 Å². The van der Waals surface area contributed by atoms with E-state index in [-0.39, 0.29) is 17.4 Å². The van der Waals surface area contributed by atoms with Crippen molar-refractivity contribution in [3.63, 3.8) is 0 Å². The molecule has 0 radical (unpaired) electrons. The van der Waals surface area contributed by atoms with E-state index in [2.05, 4.69) is 12.2 Å². The van der Waals surface area contributed by atoms with Crippen molar-refractivity contribution in [2.75, 3.05) is 0 Å². The molecule has 3 nitrogen and oxygen atoms in total. The van der Waals surface area contributed by atoms with Crippen molar-refractivity contribution >= 4 is 5.91 Å². The fourth-order valence-electron chi connectivity index (χ4n) is 3.60. The maximum atomic E-state index is 12.4. The lowest BCUT2D eigenvalue weighted by Crippen LogP contribution is -2.55. The largest absolute Gasteiger partial charge is 0.353 e. The number of nitrogens with one attached hydrogen (secondary N) is 1. The summed E-state index contributed by atoms with van der Waals surface area (Å²) in [6, 6.07) is 0.379. The van der Waals surface area contributed by atoms with Crippen LogP contribution >= 0.6 is 0 Å². The van der Waals surface area contributed by atoms with E-state index in [4.69, 9.17) is 5.73 Å². The lowest BCUT2D eigenvalue weighted by Gasteiger charge is -2.39. The molecule has 2 saturated carbocycles. The van der Waals surface area contributed by atoms with Gasteiger partial charge in [-0.2, -0.15) is 0 Å². The summed E-state index contributed by atoms with van der Waals surface area (Å²) in [5.74, 6) is 0.842. The second-order valence-corrected chi connectivity index (χ2v) is 6.68.